The van der Waals surface area contributed by atoms with Crippen LogP contribution in [-0.4, -0.2) is 31.6 Å². The topological polar surface area (TPSA) is 70.7 Å². The smallest absolute Gasteiger partial charge is 0.319 e. The van der Waals surface area contributed by atoms with E-state index in [1.165, 1.54) is 12.1 Å². The number of halogens is 2. The van der Waals surface area contributed by atoms with Crippen LogP contribution in [0.3, 0.4) is 0 Å². The standard InChI is InChI=1S/C25H23ClFN3O3/c1-33-21-12-2-16(3-13-21)22-15-30(20-10-6-18(27)7-11-20)24(31)14-23(22)29-25(32)28-19-8-4-17(26)5-9-19/h2-13,22-23H,14-15H2,1H3,(H2,28,29,32)/t22?,23-/m1/s1. The minimum Gasteiger partial charge on any atom is -0.497 e. The summed E-state index contributed by atoms with van der Waals surface area (Å²) in [5.41, 5.74) is 2.16. The van der Waals surface area contributed by atoms with Crippen LogP contribution in [0, 0.1) is 5.82 Å². The van der Waals surface area contributed by atoms with Gasteiger partial charge in [0, 0.05) is 41.3 Å². The molecule has 2 N–H and O–H groups in total. The molecular formula is C25H23ClFN3O3. The second kappa shape index (κ2) is 9.92. The number of rotatable bonds is 5. The first-order chi connectivity index (χ1) is 15.9. The molecule has 1 unspecified atom stereocenters. The Morgan fingerprint density at radius 3 is 2.33 bits per heavy atom. The fourth-order valence-corrected chi connectivity index (χ4v) is 4.07. The Hall–Kier alpha value is -3.58. The normalized spacial score (nSPS) is 18.0. The van der Waals surface area contributed by atoms with Crippen LogP contribution in [0.25, 0.3) is 0 Å². The molecule has 0 aromatic heterocycles. The predicted octanol–water partition coefficient (Wildman–Crippen LogP) is 5.20. The maximum atomic E-state index is 13.4. The molecule has 6 nitrogen and oxygen atoms in total. The van der Waals surface area contributed by atoms with Crippen molar-refractivity contribution in [2.45, 2.75) is 18.4 Å². The number of nitrogens with zero attached hydrogens (tertiary/aromatic N) is 1. The van der Waals surface area contributed by atoms with Gasteiger partial charge >= 0.3 is 6.03 Å². The highest BCUT2D eigenvalue weighted by molar-refractivity contribution is 6.30. The molecule has 0 aliphatic carbocycles. The van der Waals surface area contributed by atoms with Gasteiger partial charge in [0.15, 0.2) is 0 Å². The molecule has 0 radical (unpaired) electrons. The lowest BCUT2D eigenvalue weighted by Crippen LogP contribution is -2.53. The van der Waals surface area contributed by atoms with Gasteiger partial charge in [-0.3, -0.25) is 4.79 Å². The molecule has 3 aromatic carbocycles. The number of carbonyl (C=O) groups excluding carboxylic acids is 2. The molecule has 33 heavy (non-hydrogen) atoms. The molecule has 1 fully saturated rings. The average molecular weight is 468 g/mol. The number of nitrogens with one attached hydrogen (secondary N) is 2. The number of carbonyl (C=O) groups is 2. The molecule has 2 atom stereocenters. The van der Waals surface area contributed by atoms with Crippen LogP contribution in [-0.2, 0) is 4.79 Å². The van der Waals surface area contributed by atoms with Crippen LogP contribution in [0.4, 0.5) is 20.6 Å². The SMILES string of the molecule is COc1ccc(C2CN(c3ccc(F)cc3)C(=O)C[C@H]2NC(=O)Nc2ccc(Cl)cc2)cc1. The Morgan fingerprint density at radius 1 is 1.03 bits per heavy atom. The van der Waals surface area contributed by atoms with Gasteiger partial charge in [-0.25, -0.2) is 9.18 Å². The number of benzene rings is 3. The quantitative estimate of drug-likeness (QED) is 0.542. The van der Waals surface area contributed by atoms with E-state index in [1.54, 1.807) is 48.4 Å². The van der Waals surface area contributed by atoms with Crippen molar-refractivity contribution >= 4 is 34.9 Å². The summed E-state index contributed by atoms with van der Waals surface area (Å²) >= 11 is 5.90. The van der Waals surface area contributed by atoms with E-state index in [4.69, 9.17) is 16.3 Å². The maximum absolute atomic E-state index is 13.4. The van der Waals surface area contributed by atoms with Crippen molar-refractivity contribution in [1.29, 1.82) is 0 Å². The van der Waals surface area contributed by atoms with Crippen molar-refractivity contribution in [3.8, 4) is 5.75 Å². The Labute approximate surface area is 196 Å². The average Bonchev–Trinajstić information content (AvgIpc) is 2.81. The molecule has 4 rings (SSSR count). The lowest BCUT2D eigenvalue weighted by molar-refractivity contribution is -0.120. The summed E-state index contributed by atoms with van der Waals surface area (Å²) in [6.07, 6.45) is 0.0993. The molecule has 0 saturated carbocycles. The van der Waals surface area contributed by atoms with Crippen molar-refractivity contribution < 1.29 is 18.7 Å². The van der Waals surface area contributed by atoms with E-state index < -0.39 is 12.1 Å². The van der Waals surface area contributed by atoms with Gasteiger partial charge in [-0.1, -0.05) is 23.7 Å². The zero-order chi connectivity index (χ0) is 23.4. The van der Waals surface area contributed by atoms with Crippen LogP contribution in [0.5, 0.6) is 5.75 Å². The summed E-state index contributed by atoms with van der Waals surface area (Å²) in [7, 11) is 1.59. The van der Waals surface area contributed by atoms with Gasteiger partial charge in [0.25, 0.3) is 0 Å². The highest BCUT2D eigenvalue weighted by Crippen LogP contribution is 2.32. The third-order valence-electron chi connectivity index (χ3n) is 5.66. The van der Waals surface area contributed by atoms with Crippen LogP contribution in [0.15, 0.2) is 72.8 Å². The first-order valence-corrected chi connectivity index (χ1v) is 10.8. The number of urea groups is 1. The number of ether oxygens (including phenoxy) is 1. The van der Waals surface area contributed by atoms with E-state index in [9.17, 15) is 14.0 Å². The Morgan fingerprint density at radius 2 is 1.70 bits per heavy atom. The second-order valence-electron chi connectivity index (χ2n) is 7.78. The maximum Gasteiger partial charge on any atom is 0.319 e. The van der Waals surface area contributed by atoms with Crippen LogP contribution >= 0.6 is 11.6 Å². The molecule has 3 aromatic rings. The van der Waals surface area contributed by atoms with Gasteiger partial charge in [0.2, 0.25) is 5.91 Å². The van der Waals surface area contributed by atoms with Gasteiger partial charge in [-0.05, 0) is 66.2 Å². The largest absolute Gasteiger partial charge is 0.497 e. The summed E-state index contributed by atoms with van der Waals surface area (Å²) in [4.78, 5) is 27.3. The van der Waals surface area contributed by atoms with Gasteiger partial charge in [0.1, 0.15) is 11.6 Å². The van der Waals surface area contributed by atoms with E-state index in [0.29, 0.717) is 28.7 Å². The lowest BCUT2D eigenvalue weighted by Gasteiger charge is -2.39. The van der Waals surface area contributed by atoms with E-state index in [1.807, 2.05) is 24.3 Å². The monoisotopic (exact) mass is 467 g/mol. The van der Waals surface area contributed by atoms with Crippen LogP contribution in [0.2, 0.25) is 5.02 Å². The lowest BCUT2D eigenvalue weighted by atomic mass is 9.85. The molecule has 170 valence electrons. The van der Waals surface area contributed by atoms with Gasteiger partial charge in [0.05, 0.1) is 7.11 Å². The fraction of sp³-hybridized carbons (Fsp3) is 0.200. The molecule has 0 spiro atoms. The molecule has 0 bridgehead atoms. The van der Waals surface area contributed by atoms with E-state index in [-0.39, 0.29) is 24.1 Å². The Bertz CT molecular complexity index is 1120. The Balaban J connectivity index is 1.56. The fourth-order valence-electron chi connectivity index (χ4n) is 3.95. The van der Waals surface area contributed by atoms with Gasteiger partial charge in [-0.15, -0.1) is 0 Å². The summed E-state index contributed by atoms with van der Waals surface area (Å²) < 4.78 is 18.6. The molecular weight excluding hydrogens is 445 g/mol. The molecule has 1 heterocycles. The van der Waals surface area contributed by atoms with E-state index in [0.717, 1.165) is 5.56 Å². The third-order valence-corrected chi connectivity index (χ3v) is 5.91. The van der Waals surface area contributed by atoms with Gasteiger partial charge < -0.3 is 20.3 Å². The molecule has 1 aliphatic heterocycles. The van der Waals surface area contributed by atoms with Crippen molar-refractivity contribution in [1.82, 2.24) is 5.32 Å². The third kappa shape index (κ3) is 5.43. The number of hydrogen-bond donors (Lipinski definition) is 2. The van der Waals surface area contributed by atoms with Gasteiger partial charge in [-0.2, -0.15) is 0 Å². The van der Waals surface area contributed by atoms with Crippen molar-refractivity contribution in [2.75, 3.05) is 23.9 Å². The zero-order valence-electron chi connectivity index (χ0n) is 17.9. The summed E-state index contributed by atoms with van der Waals surface area (Å²) in [6, 6.07) is 19.3. The summed E-state index contributed by atoms with van der Waals surface area (Å²) in [6.45, 7) is 0.336. The van der Waals surface area contributed by atoms with Crippen molar-refractivity contribution in [3.63, 3.8) is 0 Å². The molecule has 3 amide bonds. The first kappa shape index (κ1) is 22.6. The highest BCUT2D eigenvalue weighted by Gasteiger charge is 2.36. The second-order valence-corrected chi connectivity index (χ2v) is 8.21. The summed E-state index contributed by atoms with van der Waals surface area (Å²) in [5, 5.41) is 6.29. The molecule has 1 saturated heterocycles. The number of methoxy groups -OCH3 is 1. The highest BCUT2D eigenvalue weighted by atomic mass is 35.5. The van der Waals surface area contributed by atoms with Crippen molar-refractivity contribution in [3.05, 3.63) is 89.2 Å². The van der Waals surface area contributed by atoms with E-state index >= 15 is 0 Å². The zero-order valence-corrected chi connectivity index (χ0v) is 18.7. The predicted molar refractivity (Wildman–Crippen MR) is 126 cm³/mol. The number of hydrogen-bond acceptors (Lipinski definition) is 3. The van der Waals surface area contributed by atoms with E-state index in [2.05, 4.69) is 10.6 Å². The number of anilines is 2. The van der Waals surface area contributed by atoms with Crippen LogP contribution in [0.1, 0.15) is 17.9 Å². The number of amides is 3. The first-order valence-electron chi connectivity index (χ1n) is 10.5. The van der Waals surface area contributed by atoms with Crippen LogP contribution < -0.4 is 20.3 Å². The minimum absolute atomic E-state index is 0.0993. The summed E-state index contributed by atoms with van der Waals surface area (Å²) in [5.74, 6) is 0.0112. The Kier molecular flexibility index (Phi) is 6.79. The number of piperidine rings is 1. The molecule has 8 heteroatoms. The van der Waals surface area contributed by atoms with Crippen molar-refractivity contribution in [2.24, 2.45) is 0 Å². The minimum atomic E-state index is -0.435. The molecule has 1 aliphatic rings.